The van der Waals surface area contributed by atoms with E-state index in [0.29, 0.717) is 16.3 Å². The molecular formula is C12H11NO4S. The summed E-state index contributed by atoms with van der Waals surface area (Å²) in [7, 11) is -2.71. The second-order valence-corrected chi connectivity index (χ2v) is 5.16. The molecule has 0 saturated carbocycles. The smallest absolute Gasteiger partial charge is 0.294 e. The third-order valence-electron chi connectivity index (χ3n) is 2.62. The van der Waals surface area contributed by atoms with E-state index in [4.69, 9.17) is 4.55 Å². The van der Waals surface area contributed by atoms with Crippen LogP contribution in [0.2, 0.25) is 0 Å². The van der Waals surface area contributed by atoms with E-state index in [1.54, 1.807) is 18.2 Å². The first-order chi connectivity index (χ1) is 8.43. The molecule has 5 nitrogen and oxygen atoms in total. The van der Waals surface area contributed by atoms with Gasteiger partial charge in [0.2, 0.25) is 0 Å². The van der Waals surface area contributed by atoms with Gasteiger partial charge in [0.25, 0.3) is 16.0 Å². The molecule has 2 aromatic rings. The Morgan fingerprint density at radius 3 is 2.56 bits per heavy atom. The minimum atomic E-state index is -4.23. The van der Waals surface area contributed by atoms with Crippen molar-refractivity contribution < 1.29 is 17.8 Å². The van der Waals surface area contributed by atoms with Gasteiger partial charge in [-0.05, 0) is 29.0 Å². The summed E-state index contributed by atoms with van der Waals surface area (Å²) in [6.45, 7) is 0. The summed E-state index contributed by atoms with van der Waals surface area (Å²) in [6, 6.07) is 9.08. The highest BCUT2D eigenvalue weighted by Gasteiger charge is 2.12. The molecule has 18 heavy (non-hydrogen) atoms. The fourth-order valence-electron chi connectivity index (χ4n) is 1.75. The molecule has 1 amide bonds. The van der Waals surface area contributed by atoms with E-state index in [-0.39, 0.29) is 10.8 Å². The van der Waals surface area contributed by atoms with Crippen molar-refractivity contribution in [3.63, 3.8) is 0 Å². The van der Waals surface area contributed by atoms with Crippen LogP contribution in [0.4, 0.5) is 0 Å². The lowest BCUT2D eigenvalue weighted by Crippen LogP contribution is -2.18. The van der Waals surface area contributed by atoms with Crippen molar-refractivity contribution in [3.05, 3.63) is 42.0 Å². The molecule has 0 aliphatic carbocycles. The van der Waals surface area contributed by atoms with Crippen LogP contribution in [-0.4, -0.2) is 25.9 Å². The summed E-state index contributed by atoms with van der Waals surface area (Å²) >= 11 is 0. The van der Waals surface area contributed by atoms with Crippen molar-refractivity contribution in [2.45, 2.75) is 4.90 Å². The molecule has 0 spiro atoms. The van der Waals surface area contributed by atoms with Gasteiger partial charge in [0.1, 0.15) is 0 Å². The third kappa shape index (κ3) is 2.20. The van der Waals surface area contributed by atoms with Gasteiger partial charge in [-0.3, -0.25) is 9.35 Å². The number of carbonyl (C=O) groups is 1. The number of amides is 1. The molecule has 0 radical (unpaired) electrons. The number of carbonyl (C=O) groups excluding carboxylic acids is 1. The van der Waals surface area contributed by atoms with Gasteiger partial charge in [-0.2, -0.15) is 8.42 Å². The second-order valence-electron chi connectivity index (χ2n) is 3.74. The van der Waals surface area contributed by atoms with Crippen LogP contribution in [0.15, 0.2) is 41.3 Å². The summed E-state index contributed by atoms with van der Waals surface area (Å²) in [4.78, 5) is 11.4. The number of nitrogens with one attached hydrogen (secondary N) is 1. The Morgan fingerprint density at radius 2 is 1.94 bits per heavy atom. The molecule has 0 heterocycles. The van der Waals surface area contributed by atoms with Crippen LogP contribution in [0, 0.1) is 0 Å². The van der Waals surface area contributed by atoms with Crippen LogP contribution < -0.4 is 5.32 Å². The fraction of sp³-hybridized carbons (Fsp3) is 0.0833. The van der Waals surface area contributed by atoms with E-state index in [1.165, 1.54) is 25.2 Å². The predicted molar refractivity (Wildman–Crippen MR) is 67.2 cm³/mol. The van der Waals surface area contributed by atoms with Crippen molar-refractivity contribution >= 4 is 26.8 Å². The monoisotopic (exact) mass is 265 g/mol. The van der Waals surface area contributed by atoms with Crippen LogP contribution in [0.5, 0.6) is 0 Å². The summed E-state index contributed by atoms with van der Waals surface area (Å²) in [5.41, 5.74) is 0.455. The Balaban J connectivity index is 2.72. The Kier molecular flexibility index (Phi) is 3.06. The normalized spacial score (nSPS) is 11.4. The average molecular weight is 265 g/mol. The first-order valence-electron chi connectivity index (χ1n) is 5.16. The van der Waals surface area contributed by atoms with Crippen LogP contribution in [0.3, 0.4) is 0 Å². The highest BCUT2D eigenvalue weighted by molar-refractivity contribution is 7.85. The zero-order valence-corrected chi connectivity index (χ0v) is 10.4. The van der Waals surface area contributed by atoms with Gasteiger partial charge < -0.3 is 5.32 Å². The van der Waals surface area contributed by atoms with Crippen molar-refractivity contribution in [1.82, 2.24) is 5.32 Å². The van der Waals surface area contributed by atoms with Crippen molar-refractivity contribution in [2.24, 2.45) is 0 Å². The molecule has 0 aliphatic heterocycles. The number of benzene rings is 2. The number of rotatable bonds is 2. The van der Waals surface area contributed by atoms with Crippen molar-refractivity contribution in [1.29, 1.82) is 0 Å². The fourth-order valence-corrected chi connectivity index (χ4v) is 2.27. The number of fused-ring (bicyclic) bond motifs is 1. The maximum atomic E-state index is 11.6. The van der Waals surface area contributed by atoms with Gasteiger partial charge in [-0.1, -0.05) is 18.2 Å². The predicted octanol–water partition coefficient (Wildman–Crippen LogP) is 1.45. The Morgan fingerprint density at radius 1 is 1.22 bits per heavy atom. The Labute approximate surface area is 104 Å². The van der Waals surface area contributed by atoms with E-state index in [2.05, 4.69) is 5.32 Å². The molecule has 0 fully saturated rings. The molecule has 0 aliphatic rings. The van der Waals surface area contributed by atoms with Gasteiger partial charge in [0.15, 0.2) is 0 Å². The molecule has 0 aromatic heterocycles. The largest absolute Gasteiger partial charge is 0.355 e. The molecular weight excluding hydrogens is 254 g/mol. The Bertz CT molecular complexity index is 722. The quantitative estimate of drug-likeness (QED) is 0.805. The first kappa shape index (κ1) is 12.5. The number of hydrogen-bond acceptors (Lipinski definition) is 3. The minimum absolute atomic E-state index is 0.191. The van der Waals surface area contributed by atoms with Gasteiger partial charge in [-0.15, -0.1) is 0 Å². The number of hydrogen-bond donors (Lipinski definition) is 2. The average Bonchev–Trinajstić information content (AvgIpc) is 2.35. The van der Waals surface area contributed by atoms with Crippen LogP contribution in [-0.2, 0) is 10.1 Å². The second kappa shape index (κ2) is 4.40. The maximum absolute atomic E-state index is 11.6. The highest BCUT2D eigenvalue weighted by atomic mass is 32.2. The van der Waals surface area contributed by atoms with Gasteiger partial charge in [0, 0.05) is 12.6 Å². The topological polar surface area (TPSA) is 83.5 Å². The minimum Gasteiger partial charge on any atom is -0.355 e. The standard InChI is InChI=1S/C12H11NO4S/c1-13-12(14)11-4-2-3-8-7-9(18(15,16)17)5-6-10(8)11/h2-7H,1H3,(H,13,14)(H,15,16,17). The molecule has 0 unspecified atom stereocenters. The maximum Gasteiger partial charge on any atom is 0.294 e. The van der Waals surface area contributed by atoms with Gasteiger partial charge in [0.05, 0.1) is 4.90 Å². The summed E-state index contributed by atoms with van der Waals surface area (Å²) < 4.78 is 31.0. The molecule has 0 saturated heterocycles. The molecule has 94 valence electrons. The van der Waals surface area contributed by atoms with Crippen molar-refractivity contribution in [3.8, 4) is 0 Å². The SMILES string of the molecule is CNC(=O)c1cccc2cc(S(=O)(=O)O)ccc12. The lowest BCUT2D eigenvalue weighted by molar-refractivity contribution is 0.0964. The zero-order valence-electron chi connectivity index (χ0n) is 9.54. The van der Waals surface area contributed by atoms with Crippen LogP contribution >= 0.6 is 0 Å². The lowest BCUT2D eigenvalue weighted by Gasteiger charge is -2.06. The van der Waals surface area contributed by atoms with Gasteiger partial charge >= 0.3 is 0 Å². The molecule has 0 atom stereocenters. The lowest BCUT2D eigenvalue weighted by atomic mass is 10.0. The van der Waals surface area contributed by atoms with E-state index in [0.717, 1.165) is 0 Å². The van der Waals surface area contributed by atoms with Crippen LogP contribution in [0.1, 0.15) is 10.4 Å². The summed E-state index contributed by atoms with van der Waals surface area (Å²) in [6.07, 6.45) is 0. The highest BCUT2D eigenvalue weighted by Crippen LogP contribution is 2.22. The summed E-state index contributed by atoms with van der Waals surface area (Å²) in [5, 5.41) is 3.72. The zero-order chi connectivity index (χ0) is 13.3. The van der Waals surface area contributed by atoms with Crippen molar-refractivity contribution in [2.75, 3.05) is 7.05 Å². The van der Waals surface area contributed by atoms with Gasteiger partial charge in [-0.25, -0.2) is 0 Å². The van der Waals surface area contributed by atoms with E-state index < -0.39 is 10.1 Å². The van der Waals surface area contributed by atoms with E-state index in [9.17, 15) is 13.2 Å². The molecule has 2 aromatic carbocycles. The van der Waals surface area contributed by atoms with Crippen LogP contribution in [0.25, 0.3) is 10.8 Å². The summed E-state index contributed by atoms with van der Waals surface area (Å²) in [5.74, 6) is -0.250. The van der Waals surface area contributed by atoms with E-state index in [1.807, 2.05) is 0 Å². The Hall–Kier alpha value is -1.92. The van der Waals surface area contributed by atoms with E-state index >= 15 is 0 Å². The third-order valence-corrected chi connectivity index (χ3v) is 3.47. The molecule has 0 bridgehead atoms. The molecule has 2 N–H and O–H groups in total. The first-order valence-corrected chi connectivity index (χ1v) is 6.60. The molecule has 6 heteroatoms. The molecule has 2 rings (SSSR count).